The van der Waals surface area contributed by atoms with Gasteiger partial charge in [0.25, 0.3) is 5.91 Å². The van der Waals surface area contributed by atoms with Crippen molar-refractivity contribution in [1.82, 2.24) is 10.3 Å². The first-order valence-corrected chi connectivity index (χ1v) is 6.42. The van der Waals surface area contributed by atoms with Crippen LogP contribution in [0.5, 0.6) is 0 Å². The Morgan fingerprint density at radius 3 is 2.61 bits per heavy atom. The van der Waals surface area contributed by atoms with Crippen molar-refractivity contribution >= 4 is 5.91 Å². The molecular formula is C14H17N3O. The first kappa shape index (κ1) is 12.6. The number of carbonyl (C=O) groups is 1. The first-order valence-electron chi connectivity index (χ1n) is 6.42. The van der Waals surface area contributed by atoms with E-state index in [0.29, 0.717) is 11.5 Å². The van der Waals surface area contributed by atoms with Gasteiger partial charge in [-0.1, -0.05) is 19.3 Å². The molecule has 1 heterocycles. The van der Waals surface area contributed by atoms with Gasteiger partial charge in [0.2, 0.25) is 0 Å². The molecule has 94 valence electrons. The van der Waals surface area contributed by atoms with Crippen molar-refractivity contribution in [3.8, 4) is 6.07 Å². The van der Waals surface area contributed by atoms with Crippen LogP contribution in [-0.4, -0.2) is 16.9 Å². The van der Waals surface area contributed by atoms with Gasteiger partial charge in [0.15, 0.2) is 0 Å². The highest BCUT2D eigenvalue weighted by atomic mass is 16.1. The maximum Gasteiger partial charge on any atom is 0.252 e. The summed E-state index contributed by atoms with van der Waals surface area (Å²) in [6.07, 6.45) is 8.80. The number of aromatic nitrogens is 1. The summed E-state index contributed by atoms with van der Waals surface area (Å²) in [6.45, 7) is 0. The molecule has 1 aromatic heterocycles. The Morgan fingerprint density at radius 1 is 1.33 bits per heavy atom. The molecule has 1 aliphatic rings. The Balaban J connectivity index is 1.98. The highest BCUT2D eigenvalue weighted by Gasteiger charge is 2.25. The molecule has 0 spiro atoms. The average molecular weight is 243 g/mol. The normalized spacial score (nSPS) is 17.7. The minimum absolute atomic E-state index is 0.186. The van der Waals surface area contributed by atoms with E-state index in [9.17, 15) is 10.1 Å². The van der Waals surface area contributed by atoms with Gasteiger partial charge in [-0.2, -0.15) is 5.26 Å². The molecule has 4 heteroatoms. The summed E-state index contributed by atoms with van der Waals surface area (Å²) in [5, 5.41) is 12.0. The molecule has 2 rings (SSSR count). The van der Waals surface area contributed by atoms with Gasteiger partial charge < -0.3 is 5.32 Å². The molecule has 1 unspecified atom stereocenters. The molecule has 0 bridgehead atoms. The fourth-order valence-corrected chi connectivity index (χ4v) is 2.45. The van der Waals surface area contributed by atoms with Gasteiger partial charge in [0.05, 0.1) is 6.07 Å². The van der Waals surface area contributed by atoms with E-state index < -0.39 is 0 Å². The molecule has 18 heavy (non-hydrogen) atoms. The third-order valence-corrected chi connectivity index (χ3v) is 3.49. The lowest BCUT2D eigenvalue weighted by atomic mass is 9.84. The molecule has 0 aliphatic heterocycles. The van der Waals surface area contributed by atoms with Crippen LogP contribution in [0, 0.1) is 17.2 Å². The summed E-state index contributed by atoms with van der Waals surface area (Å²) < 4.78 is 0. The second-order valence-corrected chi connectivity index (χ2v) is 4.71. The van der Waals surface area contributed by atoms with Gasteiger partial charge >= 0.3 is 0 Å². The summed E-state index contributed by atoms with van der Waals surface area (Å²) in [6, 6.07) is 5.17. The maximum atomic E-state index is 12.0. The summed E-state index contributed by atoms with van der Waals surface area (Å²) in [5.74, 6) is 0.115. The Bertz CT molecular complexity index is 432. The van der Waals surface area contributed by atoms with Crippen LogP contribution in [0.4, 0.5) is 0 Å². The number of nitrogens with one attached hydrogen (secondary N) is 1. The van der Waals surface area contributed by atoms with Crippen LogP contribution >= 0.6 is 0 Å². The molecule has 0 aromatic carbocycles. The standard InChI is InChI=1S/C14H17N3O/c15-10-13(11-4-2-1-3-5-11)17-14(18)12-6-8-16-9-7-12/h6-9,11,13H,1-5H2,(H,17,18). The number of amides is 1. The van der Waals surface area contributed by atoms with Gasteiger partial charge in [-0.25, -0.2) is 0 Å². The van der Waals surface area contributed by atoms with E-state index >= 15 is 0 Å². The van der Waals surface area contributed by atoms with Crippen LogP contribution in [-0.2, 0) is 0 Å². The van der Waals surface area contributed by atoms with Crippen LogP contribution in [0.1, 0.15) is 42.5 Å². The number of carbonyl (C=O) groups excluding carboxylic acids is 1. The summed E-state index contributed by atoms with van der Waals surface area (Å²) in [7, 11) is 0. The molecule has 1 saturated carbocycles. The largest absolute Gasteiger partial charge is 0.336 e. The Kier molecular flexibility index (Phi) is 4.30. The second-order valence-electron chi connectivity index (χ2n) is 4.71. The number of rotatable bonds is 3. The highest BCUT2D eigenvalue weighted by molar-refractivity contribution is 5.94. The van der Waals surface area contributed by atoms with Crippen molar-refractivity contribution in [3.05, 3.63) is 30.1 Å². The third kappa shape index (κ3) is 3.07. The molecule has 1 amide bonds. The molecule has 4 nitrogen and oxygen atoms in total. The van der Waals surface area contributed by atoms with Crippen molar-refractivity contribution in [2.45, 2.75) is 38.1 Å². The Hall–Kier alpha value is -1.89. The molecule has 1 aromatic rings. The van der Waals surface area contributed by atoms with E-state index in [0.717, 1.165) is 25.7 Å². The molecule has 0 saturated heterocycles. The predicted molar refractivity (Wildman–Crippen MR) is 67.7 cm³/mol. The number of nitriles is 1. The van der Waals surface area contributed by atoms with Crippen LogP contribution in [0.2, 0.25) is 0 Å². The number of nitrogens with zero attached hydrogens (tertiary/aromatic N) is 2. The predicted octanol–water partition coefficient (Wildman–Crippen LogP) is 2.28. The smallest absolute Gasteiger partial charge is 0.252 e. The summed E-state index contributed by atoms with van der Waals surface area (Å²) in [5.41, 5.74) is 0.557. The van der Waals surface area contributed by atoms with Crippen molar-refractivity contribution in [3.63, 3.8) is 0 Å². The Labute approximate surface area is 107 Å². The molecular weight excluding hydrogens is 226 g/mol. The fourth-order valence-electron chi connectivity index (χ4n) is 2.45. The lowest BCUT2D eigenvalue weighted by Crippen LogP contribution is -2.40. The molecule has 1 aliphatic carbocycles. The molecule has 1 fully saturated rings. The zero-order chi connectivity index (χ0) is 12.8. The number of hydrogen-bond acceptors (Lipinski definition) is 3. The average Bonchev–Trinajstić information content (AvgIpc) is 2.46. The third-order valence-electron chi connectivity index (χ3n) is 3.49. The van der Waals surface area contributed by atoms with E-state index in [-0.39, 0.29) is 11.9 Å². The minimum Gasteiger partial charge on any atom is -0.336 e. The van der Waals surface area contributed by atoms with Crippen LogP contribution < -0.4 is 5.32 Å². The zero-order valence-corrected chi connectivity index (χ0v) is 10.3. The highest BCUT2D eigenvalue weighted by Crippen LogP contribution is 2.26. The minimum atomic E-state index is -0.369. The van der Waals surface area contributed by atoms with E-state index in [1.165, 1.54) is 6.42 Å². The van der Waals surface area contributed by atoms with Crippen molar-refractivity contribution in [2.75, 3.05) is 0 Å². The molecule has 0 radical (unpaired) electrons. The maximum absolute atomic E-state index is 12.0. The Morgan fingerprint density at radius 2 is 2.00 bits per heavy atom. The van der Waals surface area contributed by atoms with Gasteiger partial charge in [0.1, 0.15) is 6.04 Å². The van der Waals surface area contributed by atoms with Gasteiger partial charge in [-0.15, -0.1) is 0 Å². The van der Waals surface area contributed by atoms with E-state index in [1.807, 2.05) is 0 Å². The van der Waals surface area contributed by atoms with E-state index in [4.69, 9.17) is 0 Å². The number of pyridine rings is 1. The lowest BCUT2D eigenvalue weighted by molar-refractivity contribution is 0.0929. The second kappa shape index (κ2) is 6.15. The molecule has 1 atom stereocenters. The van der Waals surface area contributed by atoms with Gasteiger partial charge in [-0.3, -0.25) is 9.78 Å². The van der Waals surface area contributed by atoms with Crippen molar-refractivity contribution < 1.29 is 4.79 Å². The van der Waals surface area contributed by atoms with Crippen LogP contribution in [0.25, 0.3) is 0 Å². The topological polar surface area (TPSA) is 65.8 Å². The van der Waals surface area contributed by atoms with E-state index in [2.05, 4.69) is 16.4 Å². The van der Waals surface area contributed by atoms with Crippen LogP contribution in [0.3, 0.4) is 0 Å². The number of hydrogen-bond donors (Lipinski definition) is 1. The SMILES string of the molecule is N#CC(NC(=O)c1ccncc1)C1CCCCC1. The summed E-state index contributed by atoms with van der Waals surface area (Å²) in [4.78, 5) is 15.8. The van der Waals surface area contributed by atoms with Gasteiger partial charge in [0, 0.05) is 18.0 Å². The van der Waals surface area contributed by atoms with E-state index in [1.54, 1.807) is 24.5 Å². The lowest BCUT2D eigenvalue weighted by Gasteiger charge is -2.26. The first-order chi connectivity index (χ1) is 8.81. The quantitative estimate of drug-likeness (QED) is 0.885. The summed E-state index contributed by atoms with van der Waals surface area (Å²) >= 11 is 0. The monoisotopic (exact) mass is 243 g/mol. The fraction of sp³-hybridized carbons (Fsp3) is 0.500. The van der Waals surface area contributed by atoms with Crippen LogP contribution in [0.15, 0.2) is 24.5 Å². The molecule has 1 N–H and O–H groups in total. The van der Waals surface area contributed by atoms with Crippen molar-refractivity contribution in [2.24, 2.45) is 5.92 Å². The van der Waals surface area contributed by atoms with Crippen molar-refractivity contribution in [1.29, 1.82) is 5.26 Å². The zero-order valence-electron chi connectivity index (χ0n) is 10.3. The van der Waals surface area contributed by atoms with Gasteiger partial charge in [-0.05, 0) is 30.9 Å².